The van der Waals surface area contributed by atoms with Crippen molar-refractivity contribution in [1.82, 2.24) is 30.3 Å². The summed E-state index contributed by atoms with van der Waals surface area (Å²) in [7, 11) is 0. The van der Waals surface area contributed by atoms with Gasteiger partial charge in [0.1, 0.15) is 16.4 Å². The summed E-state index contributed by atoms with van der Waals surface area (Å²) in [4.78, 5) is 31.8. The van der Waals surface area contributed by atoms with E-state index in [2.05, 4.69) is 25.6 Å². The van der Waals surface area contributed by atoms with Crippen LogP contribution < -0.4 is 5.32 Å². The first kappa shape index (κ1) is 20.4. The lowest BCUT2D eigenvalue weighted by molar-refractivity contribution is 0.0690. The fraction of sp³-hybridized carbons (Fsp3) is 0.143. The Bertz CT molecular complexity index is 1230. The highest BCUT2D eigenvalue weighted by Crippen LogP contribution is 2.15. The van der Waals surface area contributed by atoms with Crippen molar-refractivity contribution in [3.05, 3.63) is 81.6 Å². The summed E-state index contributed by atoms with van der Waals surface area (Å²) < 4.78 is 1.63. The third kappa shape index (κ3) is 4.98. The Kier molecular flexibility index (Phi) is 5.80. The number of hydrogen-bond acceptors (Lipinski definition) is 7. The highest BCUT2D eigenvalue weighted by atomic mass is 32.1. The molecule has 1 amide bonds. The maximum atomic E-state index is 12.3. The van der Waals surface area contributed by atoms with Gasteiger partial charge in [-0.2, -0.15) is 0 Å². The number of carbonyl (C=O) groups is 2. The average Bonchev–Trinajstić information content (AvgIpc) is 3.41. The normalized spacial score (nSPS) is 10.7. The molecule has 0 aliphatic rings. The topological polar surface area (TPSA) is 123 Å². The van der Waals surface area contributed by atoms with E-state index in [0.29, 0.717) is 30.0 Å². The van der Waals surface area contributed by atoms with Crippen LogP contribution in [0.1, 0.15) is 37.1 Å². The number of amides is 1. The number of benzene rings is 1. The van der Waals surface area contributed by atoms with Gasteiger partial charge in [-0.25, -0.2) is 19.4 Å². The number of carbonyl (C=O) groups excluding carboxylic acids is 1. The highest BCUT2D eigenvalue weighted by Gasteiger charge is 2.11. The number of thiazole rings is 1. The summed E-state index contributed by atoms with van der Waals surface area (Å²) in [6.45, 7) is 2.77. The standard InChI is InChI=1S/C21H18N6O3S/c1-13-12-31-19(23-13)9-22-20(28)15-7-5-14(6-8-15)10-27-11-18(25-26-27)16-3-2-4-17(24-16)21(29)30/h2-8,11-12H,9-10H2,1H3,(H,22,28)(H,29,30). The Morgan fingerprint density at radius 3 is 2.61 bits per heavy atom. The van der Waals surface area contributed by atoms with Gasteiger partial charge in [-0.1, -0.05) is 23.4 Å². The molecular weight excluding hydrogens is 416 g/mol. The van der Waals surface area contributed by atoms with Crippen molar-refractivity contribution in [2.75, 3.05) is 0 Å². The second kappa shape index (κ2) is 8.84. The maximum absolute atomic E-state index is 12.3. The number of aryl methyl sites for hydroxylation is 1. The van der Waals surface area contributed by atoms with Crippen LogP contribution in [0.15, 0.2) is 54.0 Å². The monoisotopic (exact) mass is 434 g/mol. The number of nitrogens with zero attached hydrogens (tertiary/aromatic N) is 5. The molecule has 0 fully saturated rings. The molecule has 4 rings (SSSR count). The zero-order valence-electron chi connectivity index (χ0n) is 16.5. The van der Waals surface area contributed by atoms with E-state index in [1.807, 2.05) is 24.4 Å². The smallest absolute Gasteiger partial charge is 0.354 e. The number of hydrogen-bond donors (Lipinski definition) is 2. The SMILES string of the molecule is Cc1csc(CNC(=O)c2ccc(Cn3cc(-c4cccc(C(=O)O)n4)nn3)cc2)n1. The molecule has 156 valence electrons. The van der Waals surface area contributed by atoms with Gasteiger partial charge in [0.25, 0.3) is 5.91 Å². The zero-order chi connectivity index (χ0) is 21.8. The number of aromatic nitrogens is 5. The van der Waals surface area contributed by atoms with Crippen LogP contribution >= 0.6 is 11.3 Å². The average molecular weight is 434 g/mol. The highest BCUT2D eigenvalue weighted by molar-refractivity contribution is 7.09. The van der Waals surface area contributed by atoms with Crippen molar-refractivity contribution >= 4 is 23.2 Å². The lowest BCUT2D eigenvalue weighted by Crippen LogP contribution is -2.22. The molecule has 0 atom stereocenters. The number of carboxylic acid groups (broad SMARTS) is 1. The molecule has 4 aromatic rings. The largest absolute Gasteiger partial charge is 0.477 e. The van der Waals surface area contributed by atoms with Crippen LogP contribution in [0.5, 0.6) is 0 Å². The van der Waals surface area contributed by atoms with Gasteiger partial charge in [-0.05, 0) is 36.8 Å². The fourth-order valence-electron chi connectivity index (χ4n) is 2.88. The fourth-order valence-corrected chi connectivity index (χ4v) is 3.59. The molecule has 3 aromatic heterocycles. The van der Waals surface area contributed by atoms with Gasteiger partial charge in [0.15, 0.2) is 0 Å². The van der Waals surface area contributed by atoms with Crippen LogP contribution in [0.4, 0.5) is 0 Å². The number of aromatic carboxylic acids is 1. The van der Waals surface area contributed by atoms with E-state index >= 15 is 0 Å². The van der Waals surface area contributed by atoms with Crippen molar-refractivity contribution in [3.63, 3.8) is 0 Å². The van der Waals surface area contributed by atoms with E-state index < -0.39 is 5.97 Å². The van der Waals surface area contributed by atoms with Crippen LogP contribution in [0, 0.1) is 6.92 Å². The van der Waals surface area contributed by atoms with E-state index in [-0.39, 0.29) is 11.6 Å². The molecule has 0 radical (unpaired) electrons. The summed E-state index contributed by atoms with van der Waals surface area (Å²) >= 11 is 1.52. The van der Waals surface area contributed by atoms with Crippen LogP contribution in [0.25, 0.3) is 11.4 Å². The van der Waals surface area contributed by atoms with Gasteiger partial charge >= 0.3 is 5.97 Å². The first-order chi connectivity index (χ1) is 15.0. The molecule has 0 saturated carbocycles. The predicted octanol–water partition coefficient (Wildman–Crippen LogP) is 2.78. The minimum Gasteiger partial charge on any atom is -0.477 e. The molecule has 0 bridgehead atoms. The van der Waals surface area contributed by atoms with Crippen LogP contribution in [-0.2, 0) is 13.1 Å². The molecule has 9 nitrogen and oxygen atoms in total. The van der Waals surface area contributed by atoms with E-state index in [4.69, 9.17) is 5.11 Å². The van der Waals surface area contributed by atoms with Crippen molar-refractivity contribution < 1.29 is 14.7 Å². The molecule has 31 heavy (non-hydrogen) atoms. The summed E-state index contributed by atoms with van der Waals surface area (Å²) in [6.07, 6.45) is 1.70. The van der Waals surface area contributed by atoms with Crippen LogP contribution in [-0.4, -0.2) is 41.9 Å². The molecule has 3 heterocycles. The predicted molar refractivity (Wildman–Crippen MR) is 114 cm³/mol. The number of pyridine rings is 1. The number of nitrogens with one attached hydrogen (secondary N) is 1. The molecule has 0 aliphatic carbocycles. The molecule has 1 aromatic carbocycles. The van der Waals surface area contributed by atoms with Crippen molar-refractivity contribution in [2.24, 2.45) is 0 Å². The summed E-state index contributed by atoms with van der Waals surface area (Å²) in [5, 5.41) is 22.9. The first-order valence-electron chi connectivity index (χ1n) is 9.37. The van der Waals surface area contributed by atoms with Crippen molar-refractivity contribution in [1.29, 1.82) is 0 Å². The molecule has 0 saturated heterocycles. The van der Waals surface area contributed by atoms with E-state index in [0.717, 1.165) is 16.3 Å². The Morgan fingerprint density at radius 2 is 1.90 bits per heavy atom. The molecule has 10 heteroatoms. The van der Waals surface area contributed by atoms with Crippen molar-refractivity contribution in [2.45, 2.75) is 20.0 Å². The summed E-state index contributed by atoms with van der Waals surface area (Å²) in [5.74, 6) is -1.26. The van der Waals surface area contributed by atoms with E-state index in [9.17, 15) is 9.59 Å². The second-order valence-corrected chi connectivity index (χ2v) is 7.72. The molecule has 0 unspecified atom stereocenters. The van der Waals surface area contributed by atoms with Crippen LogP contribution in [0.3, 0.4) is 0 Å². The van der Waals surface area contributed by atoms with Crippen LogP contribution in [0.2, 0.25) is 0 Å². The third-order valence-corrected chi connectivity index (χ3v) is 5.36. The lowest BCUT2D eigenvalue weighted by Gasteiger charge is -2.05. The van der Waals surface area contributed by atoms with Gasteiger partial charge in [0.05, 0.1) is 25.0 Å². The lowest BCUT2D eigenvalue weighted by atomic mass is 10.1. The maximum Gasteiger partial charge on any atom is 0.354 e. The van der Waals surface area contributed by atoms with Gasteiger partial charge < -0.3 is 10.4 Å². The van der Waals surface area contributed by atoms with Gasteiger partial charge in [0, 0.05) is 16.6 Å². The summed E-state index contributed by atoms with van der Waals surface area (Å²) in [5.41, 5.74) is 3.32. The van der Waals surface area contributed by atoms with Crippen molar-refractivity contribution in [3.8, 4) is 11.4 Å². The molecular formula is C21H18N6O3S. The van der Waals surface area contributed by atoms with Gasteiger partial charge in [-0.15, -0.1) is 16.4 Å². The summed E-state index contributed by atoms with van der Waals surface area (Å²) in [6, 6.07) is 11.9. The zero-order valence-corrected chi connectivity index (χ0v) is 17.3. The second-order valence-electron chi connectivity index (χ2n) is 6.78. The van der Waals surface area contributed by atoms with E-state index in [1.165, 1.54) is 17.4 Å². The van der Waals surface area contributed by atoms with Gasteiger partial charge in [-0.3, -0.25) is 4.79 Å². The molecule has 0 spiro atoms. The first-order valence-corrected chi connectivity index (χ1v) is 10.2. The number of carboxylic acids is 1. The quantitative estimate of drug-likeness (QED) is 0.458. The third-order valence-electron chi connectivity index (χ3n) is 4.40. The Hall–Kier alpha value is -3.92. The molecule has 2 N–H and O–H groups in total. The minimum absolute atomic E-state index is 0.0501. The Labute approximate surface area is 181 Å². The Morgan fingerprint density at radius 1 is 1.10 bits per heavy atom. The minimum atomic E-state index is -1.10. The Balaban J connectivity index is 1.38. The van der Waals surface area contributed by atoms with E-state index in [1.54, 1.807) is 35.1 Å². The van der Waals surface area contributed by atoms with Gasteiger partial charge in [0.2, 0.25) is 0 Å². The molecule has 0 aliphatic heterocycles. The number of rotatable bonds is 7.